The highest BCUT2D eigenvalue weighted by Crippen LogP contribution is 2.30. The predicted octanol–water partition coefficient (Wildman–Crippen LogP) is 2.80. The number of carbonyl (C=O) groups is 1. The summed E-state index contributed by atoms with van der Waals surface area (Å²) in [6.07, 6.45) is 3.19. The molecule has 2 saturated heterocycles. The van der Waals surface area contributed by atoms with E-state index in [2.05, 4.69) is 66.1 Å². The molecule has 0 aliphatic carbocycles. The molecule has 2 aliphatic rings. The van der Waals surface area contributed by atoms with Gasteiger partial charge in [-0.3, -0.25) is 14.4 Å². The van der Waals surface area contributed by atoms with Crippen molar-refractivity contribution < 1.29 is 4.79 Å². The molecule has 5 nitrogen and oxygen atoms in total. The highest BCUT2D eigenvalue weighted by atomic mass is 16.2. The Balaban J connectivity index is 1.52. The molecule has 0 unspecified atom stereocenters. The summed E-state index contributed by atoms with van der Waals surface area (Å²) in [5, 5.41) is 7.98. The topological polar surface area (TPSA) is 50.2 Å². The van der Waals surface area contributed by atoms with E-state index in [0.29, 0.717) is 5.92 Å². The summed E-state index contributed by atoms with van der Waals surface area (Å²) in [6, 6.07) is 10.5. The molecule has 5 heteroatoms. The van der Waals surface area contributed by atoms with E-state index in [4.69, 9.17) is 5.10 Å². The number of nitrogens with zero attached hydrogens (tertiary/aromatic N) is 3. The lowest BCUT2D eigenvalue weighted by Gasteiger charge is -2.33. The van der Waals surface area contributed by atoms with Crippen molar-refractivity contribution in [2.24, 2.45) is 11.8 Å². The van der Waals surface area contributed by atoms with Crippen LogP contribution in [0.3, 0.4) is 0 Å². The Hall–Kier alpha value is -2.14. The van der Waals surface area contributed by atoms with E-state index in [-0.39, 0.29) is 17.2 Å². The van der Waals surface area contributed by atoms with Crippen LogP contribution in [0.5, 0.6) is 0 Å². The average molecular weight is 367 g/mol. The minimum Gasteiger partial charge on any atom is -0.355 e. The third kappa shape index (κ3) is 3.93. The maximum absolute atomic E-state index is 11.9. The zero-order valence-corrected chi connectivity index (χ0v) is 16.6. The summed E-state index contributed by atoms with van der Waals surface area (Å²) in [5.41, 5.74) is 3.78. The first kappa shape index (κ1) is 18.2. The first-order chi connectivity index (χ1) is 12.9. The standard InChI is InChI=1S/C22H30N4O/c1-22(2,3)20-18(15-26(24-20)12-16-7-5-4-6-8-16)14-25-10-9-19-17(13-25)11-23-21(19)27/h4-8,15,17,19H,9-14H2,1-3H3,(H,23,27)/t17-,19+/m0/s1. The highest BCUT2D eigenvalue weighted by Gasteiger charge is 2.39. The minimum atomic E-state index is 0.0144. The first-order valence-corrected chi connectivity index (χ1v) is 10.0. The Morgan fingerprint density at radius 1 is 1.19 bits per heavy atom. The van der Waals surface area contributed by atoms with Gasteiger partial charge in [-0.2, -0.15) is 5.10 Å². The van der Waals surface area contributed by atoms with Crippen molar-refractivity contribution in [3.63, 3.8) is 0 Å². The van der Waals surface area contributed by atoms with Gasteiger partial charge in [0.25, 0.3) is 0 Å². The van der Waals surface area contributed by atoms with Gasteiger partial charge in [-0.15, -0.1) is 0 Å². The van der Waals surface area contributed by atoms with E-state index in [1.807, 2.05) is 6.07 Å². The normalized spacial score (nSPS) is 23.3. The lowest BCUT2D eigenvalue weighted by atomic mass is 9.87. The summed E-state index contributed by atoms with van der Waals surface area (Å²) >= 11 is 0. The van der Waals surface area contributed by atoms with Crippen LogP contribution in [0.25, 0.3) is 0 Å². The molecule has 144 valence electrons. The Morgan fingerprint density at radius 3 is 2.70 bits per heavy atom. The summed E-state index contributed by atoms with van der Waals surface area (Å²) in [4.78, 5) is 14.4. The molecule has 2 aliphatic heterocycles. The van der Waals surface area contributed by atoms with Crippen molar-refractivity contribution >= 4 is 5.91 Å². The third-order valence-corrected chi connectivity index (χ3v) is 5.82. The average Bonchev–Trinajstić information content (AvgIpc) is 3.19. The van der Waals surface area contributed by atoms with Gasteiger partial charge < -0.3 is 5.32 Å². The fourth-order valence-corrected chi connectivity index (χ4v) is 4.47. The maximum atomic E-state index is 11.9. The Kier molecular flexibility index (Phi) is 4.81. The molecule has 2 fully saturated rings. The second kappa shape index (κ2) is 7.12. The smallest absolute Gasteiger partial charge is 0.223 e. The fourth-order valence-electron chi connectivity index (χ4n) is 4.47. The number of likely N-dealkylation sites (tertiary alicyclic amines) is 1. The summed E-state index contributed by atoms with van der Waals surface area (Å²) in [5.74, 6) is 0.943. The molecule has 1 N–H and O–H groups in total. The van der Waals surface area contributed by atoms with Crippen LogP contribution in [-0.4, -0.2) is 40.2 Å². The molecule has 4 rings (SSSR count). The number of nitrogens with one attached hydrogen (secondary N) is 1. The van der Waals surface area contributed by atoms with Gasteiger partial charge in [0.15, 0.2) is 0 Å². The van der Waals surface area contributed by atoms with E-state index in [0.717, 1.165) is 39.1 Å². The molecule has 3 heterocycles. The molecular weight excluding hydrogens is 336 g/mol. The van der Waals surface area contributed by atoms with Crippen molar-refractivity contribution in [1.29, 1.82) is 0 Å². The van der Waals surface area contributed by atoms with Crippen molar-refractivity contribution in [3.8, 4) is 0 Å². The van der Waals surface area contributed by atoms with Crippen LogP contribution in [0.15, 0.2) is 36.5 Å². The van der Waals surface area contributed by atoms with Gasteiger partial charge in [-0.1, -0.05) is 51.1 Å². The van der Waals surface area contributed by atoms with E-state index in [1.165, 1.54) is 16.8 Å². The second-order valence-electron chi connectivity index (χ2n) is 9.07. The van der Waals surface area contributed by atoms with Gasteiger partial charge in [0.05, 0.1) is 12.2 Å². The van der Waals surface area contributed by atoms with Crippen LogP contribution in [0.1, 0.15) is 44.0 Å². The number of fused-ring (bicyclic) bond motifs is 1. The number of amides is 1. The monoisotopic (exact) mass is 366 g/mol. The number of aromatic nitrogens is 2. The van der Waals surface area contributed by atoms with Gasteiger partial charge in [0.1, 0.15) is 0 Å². The van der Waals surface area contributed by atoms with E-state index >= 15 is 0 Å². The molecule has 2 atom stereocenters. The molecular formula is C22H30N4O. The van der Waals surface area contributed by atoms with Crippen molar-refractivity contribution in [3.05, 3.63) is 53.3 Å². The SMILES string of the molecule is CC(C)(C)c1nn(Cc2ccccc2)cc1CN1CC[C@H]2C(=O)NC[C@H]2C1. The van der Waals surface area contributed by atoms with Crippen molar-refractivity contribution in [1.82, 2.24) is 20.0 Å². The van der Waals surface area contributed by atoms with Gasteiger partial charge in [-0.05, 0) is 18.5 Å². The van der Waals surface area contributed by atoms with E-state index < -0.39 is 0 Å². The lowest BCUT2D eigenvalue weighted by molar-refractivity contribution is -0.124. The van der Waals surface area contributed by atoms with Crippen molar-refractivity contribution in [2.75, 3.05) is 19.6 Å². The zero-order valence-electron chi connectivity index (χ0n) is 16.6. The van der Waals surface area contributed by atoms with Gasteiger partial charge in [0, 0.05) is 48.6 Å². The van der Waals surface area contributed by atoms with E-state index in [9.17, 15) is 4.79 Å². The zero-order chi connectivity index (χ0) is 19.0. The van der Waals surface area contributed by atoms with Crippen LogP contribution in [-0.2, 0) is 23.3 Å². The van der Waals surface area contributed by atoms with Crippen LogP contribution in [0.4, 0.5) is 0 Å². The van der Waals surface area contributed by atoms with Crippen LogP contribution in [0, 0.1) is 11.8 Å². The molecule has 0 spiro atoms. The molecule has 1 aromatic heterocycles. The Labute approximate surface area is 161 Å². The molecule has 1 amide bonds. The molecule has 0 radical (unpaired) electrons. The number of hydrogen-bond donors (Lipinski definition) is 1. The number of piperidine rings is 1. The van der Waals surface area contributed by atoms with Crippen LogP contribution >= 0.6 is 0 Å². The summed E-state index contributed by atoms with van der Waals surface area (Å²) < 4.78 is 2.08. The van der Waals surface area contributed by atoms with Crippen LogP contribution < -0.4 is 5.32 Å². The summed E-state index contributed by atoms with van der Waals surface area (Å²) in [7, 11) is 0. The van der Waals surface area contributed by atoms with Gasteiger partial charge in [-0.25, -0.2) is 0 Å². The number of rotatable bonds is 4. The first-order valence-electron chi connectivity index (χ1n) is 10.0. The number of hydrogen-bond acceptors (Lipinski definition) is 3. The van der Waals surface area contributed by atoms with Gasteiger partial charge >= 0.3 is 0 Å². The Morgan fingerprint density at radius 2 is 1.96 bits per heavy atom. The predicted molar refractivity (Wildman–Crippen MR) is 106 cm³/mol. The van der Waals surface area contributed by atoms with Gasteiger partial charge in [0.2, 0.25) is 5.91 Å². The van der Waals surface area contributed by atoms with E-state index in [1.54, 1.807) is 0 Å². The molecule has 2 aromatic rings. The van der Waals surface area contributed by atoms with Crippen LogP contribution in [0.2, 0.25) is 0 Å². The largest absolute Gasteiger partial charge is 0.355 e. The molecule has 0 bridgehead atoms. The van der Waals surface area contributed by atoms with Crippen molar-refractivity contribution in [2.45, 2.75) is 45.7 Å². The quantitative estimate of drug-likeness (QED) is 0.905. The highest BCUT2D eigenvalue weighted by molar-refractivity contribution is 5.81. The molecule has 0 saturated carbocycles. The molecule has 27 heavy (non-hydrogen) atoms. The Bertz CT molecular complexity index is 805. The fraction of sp³-hybridized carbons (Fsp3) is 0.545. The maximum Gasteiger partial charge on any atom is 0.223 e. The summed E-state index contributed by atoms with van der Waals surface area (Å²) in [6.45, 7) is 11.2. The molecule has 1 aromatic carbocycles. The second-order valence-corrected chi connectivity index (χ2v) is 9.07. The third-order valence-electron chi connectivity index (χ3n) is 5.82. The number of carbonyl (C=O) groups excluding carboxylic acids is 1. The number of benzene rings is 1. The lowest BCUT2D eigenvalue weighted by Crippen LogP contribution is -2.40. The minimum absolute atomic E-state index is 0.0144.